The summed E-state index contributed by atoms with van der Waals surface area (Å²) in [7, 11) is 0. The van der Waals surface area contributed by atoms with Crippen molar-refractivity contribution >= 4 is 29.5 Å². The molecule has 0 spiro atoms. The second-order valence-electron chi connectivity index (χ2n) is 8.72. The quantitative estimate of drug-likeness (QED) is 0.397. The first-order valence-electron chi connectivity index (χ1n) is 11.5. The zero-order valence-corrected chi connectivity index (χ0v) is 20.3. The summed E-state index contributed by atoms with van der Waals surface area (Å²) in [6.07, 6.45) is 5.22. The van der Waals surface area contributed by atoms with Crippen molar-refractivity contribution in [2.45, 2.75) is 59.0 Å². The van der Waals surface area contributed by atoms with Crippen LogP contribution in [0.15, 0.2) is 54.6 Å². The number of ether oxygens (including phenoxy) is 2. The fraction of sp³-hybridized carbons (Fsp3) is 0.407. The summed E-state index contributed by atoms with van der Waals surface area (Å²) < 4.78 is 10.6. The first-order valence-corrected chi connectivity index (χ1v) is 11.5. The maximum absolute atomic E-state index is 12.2. The Morgan fingerprint density at radius 2 is 1.67 bits per heavy atom. The molecule has 33 heavy (non-hydrogen) atoms. The number of anilines is 2. The lowest BCUT2D eigenvalue weighted by Crippen LogP contribution is -2.27. The molecule has 0 saturated heterocycles. The molecule has 1 unspecified atom stereocenters. The number of carbonyl (C=O) groups excluding carboxylic acids is 2. The standard InChI is InChI=1S/C27H36N2O4/c1-6-11-22(25(30)32-7-2)21-17-15-20(16-18-21)12-10-19-28-23-13-8-9-14-24(23)29-26(31)33-27(3,4)5/h8-10,12-18,22,28H,6-7,11,19H2,1-5H3,(H,29,31). The molecule has 1 atom stereocenters. The summed E-state index contributed by atoms with van der Waals surface area (Å²) >= 11 is 0. The van der Waals surface area contributed by atoms with Crippen LogP contribution in [0.5, 0.6) is 0 Å². The number of rotatable bonds is 10. The van der Waals surface area contributed by atoms with Crippen LogP contribution in [-0.2, 0) is 14.3 Å². The molecular formula is C27H36N2O4. The normalized spacial score (nSPS) is 12.3. The van der Waals surface area contributed by atoms with Crippen molar-refractivity contribution in [2.75, 3.05) is 23.8 Å². The van der Waals surface area contributed by atoms with E-state index in [0.29, 0.717) is 18.8 Å². The van der Waals surface area contributed by atoms with Crippen LogP contribution in [0.3, 0.4) is 0 Å². The van der Waals surface area contributed by atoms with E-state index < -0.39 is 11.7 Å². The number of hydrogen-bond acceptors (Lipinski definition) is 5. The molecule has 2 rings (SSSR count). The number of esters is 1. The lowest BCUT2D eigenvalue weighted by molar-refractivity contribution is -0.145. The molecule has 2 aromatic rings. The minimum Gasteiger partial charge on any atom is -0.466 e. The minimum absolute atomic E-state index is 0.162. The highest BCUT2D eigenvalue weighted by Gasteiger charge is 2.20. The summed E-state index contributed by atoms with van der Waals surface area (Å²) in [6.45, 7) is 10.4. The fourth-order valence-electron chi connectivity index (χ4n) is 3.32. The molecule has 0 fully saturated rings. The van der Waals surface area contributed by atoms with Gasteiger partial charge in [0.15, 0.2) is 0 Å². The van der Waals surface area contributed by atoms with Crippen molar-refractivity contribution < 1.29 is 19.1 Å². The highest BCUT2D eigenvalue weighted by atomic mass is 16.6. The molecule has 6 heteroatoms. The smallest absolute Gasteiger partial charge is 0.412 e. The van der Waals surface area contributed by atoms with Gasteiger partial charge in [0.25, 0.3) is 0 Å². The zero-order chi connectivity index (χ0) is 24.3. The Kier molecular flexibility index (Phi) is 9.98. The van der Waals surface area contributed by atoms with Gasteiger partial charge < -0.3 is 14.8 Å². The fourth-order valence-corrected chi connectivity index (χ4v) is 3.32. The Balaban J connectivity index is 1.96. The topological polar surface area (TPSA) is 76.7 Å². The van der Waals surface area contributed by atoms with E-state index in [1.165, 1.54) is 0 Å². The van der Waals surface area contributed by atoms with Crippen LogP contribution >= 0.6 is 0 Å². The molecule has 2 N–H and O–H groups in total. The molecule has 0 aliphatic carbocycles. The Morgan fingerprint density at radius 1 is 1.00 bits per heavy atom. The molecule has 0 aliphatic heterocycles. The van der Waals surface area contributed by atoms with Crippen molar-refractivity contribution in [3.63, 3.8) is 0 Å². The van der Waals surface area contributed by atoms with E-state index in [0.717, 1.165) is 29.7 Å². The van der Waals surface area contributed by atoms with Crippen LogP contribution in [0.4, 0.5) is 16.2 Å². The molecule has 2 aromatic carbocycles. The van der Waals surface area contributed by atoms with Crippen LogP contribution in [0.2, 0.25) is 0 Å². The van der Waals surface area contributed by atoms with Gasteiger partial charge in [0.05, 0.1) is 23.9 Å². The van der Waals surface area contributed by atoms with Crippen LogP contribution < -0.4 is 10.6 Å². The molecule has 0 aliphatic rings. The first kappa shape index (κ1) is 26.0. The van der Waals surface area contributed by atoms with Gasteiger partial charge >= 0.3 is 12.1 Å². The third kappa shape index (κ3) is 9.00. The largest absolute Gasteiger partial charge is 0.466 e. The molecule has 0 heterocycles. The van der Waals surface area contributed by atoms with Crippen molar-refractivity contribution in [1.82, 2.24) is 0 Å². The number of hydrogen-bond donors (Lipinski definition) is 2. The van der Waals surface area contributed by atoms with Gasteiger partial charge in [-0.3, -0.25) is 10.1 Å². The second-order valence-corrected chi connectivity index (χ2v) is 8.72. The Hall–Kier alpha value is -3.28. The summed E-state index contributed by atoms with van der Waals surface area (Å²) in [5.41, 5.74) is 2.93. The highest BCUT2D eigenvalue weighted by Crippen LogP contribution is 2.24. The van der Waals surface area contributed by atoms with E-state index in [2.05, 4.69) is 17.6 Å². The van der Waals surface area contributed by atoms with Crippen molar-refractivity contribution in [2.24, 2.45) is 0 Å². The van der Waals surface area contributed by atoms with E-state index >= 15 is 0 Å². The lowest BCUT2D eigenvalue weighted by Gasteiger charge is -2.20. The van der Waals surface area contributed by atoms with Gasteiger partial charge in [0.2, 0.25) is 0 Å². The molecule has 1 amide bonds. The van der Waals surface area contributed by atoms with E-state index in [-0.39, 0.29) is 11.9 Å². The number of benzene rings is 2. The van der Waals surface area contributed by atoms with Crippen LogP contribution in [-0.4, -0.2) is 30.8 Å². The molecule has 0 radical (unpaired) electrons. The predicted octanol–water partition coefficient (Wildman–Crippen LogP) is 6.61. The molecule has 0 aromatic heterocycles. The summed E-state index contributed by atoms with van der Waals surface area (Å²) in [5.74, 6) is -0.380. The minimum atomic E-state index is -0.558. The highest BCUT2D eigenvalue weighted by molar-refractivity contribution is 5.89. The third-order valence-electron chi connectivity index (χ3n) is 4.77. The van der Waals surface area contributed by atoms with Gasteiger partial charge in [0, 0.05) is 6.54 Å². The van der Waals surface area contributed by atoms with Gasteiger partial charge in [-0.2, -0.15) is 0 Å². The Morgan fingerprint density at radius 3 is 2.27 bits per heavy atom. The number of amides is 1. The number of nitrogens with one attached hydrogen (secondary N) is 2. The summed E-state index contributed by atoms with van der Waals surface area (Å²) in [4.78, 5) is 24.3. The molecule has 0 saturated carbocycles. The van der Waals surface area contributed by atoms with Gasteiger partial charge in [-0.05, 0) is 57.4 Å². The SMILES string of the molecule is CCCC(C(=O)OCC)c1ccc(C=CCNc2ccccc2NC(=O)OC(C)(C)C)cc1. The van der Waals surface area contributed by atoms with Gasteiger partial charge in [0.1, 0.15) is 5.60 Å². The summed E-state index contributed by atoms with van der Waals surface area (Å²) in [6, 6.07) is 15.5. The summed E-state index contributed by atoms with van der Waals surface area (Å²) in [5, 5.41) is 6.09. The zero-order valence-electron chi connectivity index (χ0n) is 20.3. The third-order valence-corrected chi connectivity index (χ3v) is 4.77. The van der Waals surface area contributed by atoms with Crippen molar-refractivity contribution in [3.8, 4) is 0 Å². The van der Waals surface area contributed by atoms with Crippen molar-refractivity contribution in [3.05, 3.63) is 65.7 Å². The van der Waals surface area contributed by atoms with Crippen molar-refractivity contribution in [1.29, 1.82) is 0 Å². The second kappa shape index (κ2) is 12.7. The van der Waals surface area contributed by atoms with E-state index in [1.54, 1.807) is 0 Å². The number of para-hydroxylation sites is 2. The predicted molar refractivity (Wildman–Crippen MR) is 135 cm³/mol. The Bertz CT molecular complexity index is 930. The maximum atomic E-state index is 12.2. The average Bonchev–Trinajstić information content (AvgIpc) is 2.75. The van der Waals surface area contributed by atoms with Crippen LogP contribution in [0.25, 0.3) is 6.08 Å². The first-order chi connectivity index (χ1) is 15.7. The van der Waals surface area contributed by atoms with Gasteiger partial charge in [-0.15, -0.1) is 0 Å². The Labute approximate surface area is 197 Å². The monoisotopic (exact) mass is 452 g/mol. The molecule has 178 valence electrons. The van der Waals surface area contributed by atoms with Crippen LogP contribution in [0, 0.1) is 0 Å². The lowest BCUT2D eigenvalue weighted by atomic mass is 9.94. The molecule has 0 bridgehead atoms. The number of carbonyl (C=O) groups is 2. The maximum Gasteiger partial charge on any atom is 0.412 e. The van der Waals surface area contributed by atoms with E-state index in [9.17, 15) is 9.59 Å². The average molecular weight is 453 g/mol. The van der Waals surface area contributed by atoms with Gasteiger partial charge in [-0.25, -0.2) is 4.79 Å². The molecule has 6 nitrogen and oxygen atoms in total. The van der Waals surface area contributed by atoms with E-state index in [4.69, 9.17) is 9.47 Å². The molecular weight excluding hydrogens is 416 g/mol. The van der Waals surface area contributed by atoms with Gasteiger partial charge in [-0.1, -0.05) is 61.9 Å². The van der Waals surface area contributed by atoms with E-state index in [1.807, 2.05) is 88.4 Å². The van der Waals surface area contributed by atoms with Crippen LogP contribution in [0.1, 0.15) is 64.5 Å².